The van der Waals surface area contributed by atoms with Crippen LogP contribution in [0.5, 0.6) is 0 Å². The molecule has 80 valence electrons. The van der Waals surface area contributed by atoms with Crippen LogP contribution >= 0.6 is 0 Å². The summed E-state index contributed by atoms with van der Waals surface area (Å²) in [6.45, 7) is 0. The Labute approximate surface area is 93.7 Å². The molecule has 1 N–H and O–H groups in total. The second-order valence-electron chi connectivity index (χ2n) is 3.97. The molecule has 0 amide bonds. The van der Waals surface area contributed by atoms with Gasteiger partial charge in [0, 0.05) is 25.0 Å². The largest absolute Gasteiger partial charge is 0.384 e. The van der Waals surface area contributed by atoms with Gasteiger partial charge in [-0.05, 0) is 17.2 Å². The van der Waals surface area contributed by atoms with Crippen LogP contribution in [0, 0.1) is 0 Å². The van der Waals surface area contributed by atoms with E-state index in [9.17, 15) is 5.11 Å². The van der Waals surface area contributed by atoms with Crippen molar-refractivity contribution in [1.29, 1.82) is 0 Å². The molecule has 16 heavy (non-hydrogen) atoms. The summed E-state index contributed by atoms with van der Waals surface area (Å²) in [6, 6.07) is 7.89. The molecule has 3 nitrogen and oxygen atoms in total. The van der Waals surface area contributed by atoms with Crippen LogP contribution in [0.2, 0.25) is 0 Å². The highest BCUT2D eigenvalue weighted by Gasteiger charge is 2.23. The molecule has 3 rings (SSSR count). The van der Waals surface area contributed by atoms with E-state index < -0.39 is 6.10 Å². The summed E-state index contributed by atoms with van der Waals surface area (Å²) < 4.78 is 1.96. The average molecular weight is 212 g/mol. The van der Waals surface area contributed by atoms with Gasteiger partial charge in [0.15, 0.2) is 0 Å². The van der Waals surface area contributed by atoms with Gasteiger partial charge in [0.1, 0.15) is 5.82 Å². The number of fused-ring (bicyclic) bond motifs is 1. The van der Waals surface area contributed by atoms with Gasteiger partial charge in [-0.1, -0.05) is 24.3 Å². The minimum atomic E-state index is -0.511. The SMILES string of the molecule is Cn1ccnc1C1=CC(O)c2ccccc21. The molecule has 1 aliphatic carbocycles. The Morgan fingerprint density at radius 2 is 2.12 bits per heavy atom. The predicted octanol–water partition coefficient (Wildman–Crippen LogP) is 1.90. The standard InChI is InChI=1S/C13H12N2O/c1-15-7-6-14-13(15)11-8-12(16)10-5-3-2-4-9(10)11/h2-8,12,16H,1H3. The normalized spacial score (nSPS) is 18.4. The third-order valence-electron chi connectivity index (χ3n) is 2.96. The number of benzene rings is 1. The molecule has 1 atom stereocenters. The summed E-state index contributed by atoms with van der Waals surface area (Å²) in [5.41, 5.74) is 3.04. The Kier molecular flexibility index (Phi) is 1.94. The van der Waals surface area contributed by atoms with E-state index in [4.69, 9.17) is 0 Å². The number of nitrogens with zero attached hydrogens (tertiary/aromatic N) is 2. The van der Waals surface area contributed by atoms with Crippen molar-refractivity contribution in [2.45, 2.75) is 6.10 Å². The van der Waals surface area contributed by atoms with Gasteiger partial charge < -0.3 is 9.67 Å². The number of aromatic nitrogens is 2. The van der Waals surface area contributed by atoms with Crippen molar-refractivity contribution >= 4 is 5.57 Å². The summed E-state index contributed by atoms with van der Waals surface area (Å²) >= 11 is 0. The highest BCUT2D eigenvalue weighted by Crippen LogP contribution is 2.36. The van der Waals surface area contributed by atoms with Crippen LogP contribution in [-0.4, -0.2) is 14.7 Å². The lowest BCUT2D eigenvalue weighted by Crippen LogP contribution is -1.96. The fourth-order valence-corrected chi connectivity index (χ4v) is 2.16. The van der Waals surface area contributed by atoms with Gasteiger partial charge in [-0.2, -0.15) is 0 Å². The Hall–Kier alpha value is -1.87. The molecule has 3 heteroatoms. The van der Waals surface area contributed by atoms with Crippen LogP contribution in [-0.2, 0) is 7.05 Å². The van der Waals surface area contributed by atoms with Crippen LogP contribution in [0.4, 0.5) is 0 Å². The third-order valence-corrected chi connectivity index (χ3v) is 2.96. The van der Waals surface area contributed by atoms with Crippen molar-refractivity contribution in [1.82, 2.24) is 9.55 Å². The minimum absolute atomic E-state index is 0.511. The Morgan fingerprint density at radius 1 is 1.31 bits per heavy atom. The first-order valence-electron chi connectivity index (χ1n) is 5.24. The highest BCUT2D eigenvalue weighted by atomic mass is 16.3. The number of hydrogen-bond acceptors (Lipinski definition) is 2. The third kappa shape index (κ3) is 1.22. The van der Waals surface area contributed by atoms with E-state index in [1.54, 1.807) is 6.20 Å². The lowest BCUT2D eigenvalue weighted by molar-refractivity contribution is 0.232. The highest BCUT2D eigenvalue weighted by molar-refractivity contribution is 5.82. The molecule has 0 bridgehead atoms. The summed E-state index contributed by atoms with van der Waals surface area (Å²) in [4.78, 5) is 4.31. The first-order valence-corrected chi connectivity index (χ1v) is 5.24. The maximum atomic E-state index is 9.93. The van der Waals surface area contributed by atoms with E-state index >= 15 is 0 Å². The lowest BCUT2D eigenvalue weighted by Gasteiger charge is -2.05. The molecule has 0 radical (unpaired) electrons. The van der Waals surface area contributed by atoms with Gasteiger partial charge in [0.2, 0.25) is 0 Å². The van der Waals surface area contributed by atoms with Crippen molar-refractivity contribution in [3.8, 4) is 0 Å². The Balaban J connectivity index is 2.19. The smallest absolute Gasteiger partial charge is 0.140 e. The topological polar surface area (TPSA) is 38.0 Å². The zero-order chi connectivity index (χ0) is 11.1. The Bertz CT molecular complexity index is 569. The first-order chi connectivity index (χ1) is 7.77. The quantitative estimate of drug-likeness (QED) is 0.784. The summed E-state index contributed by atoms with van der Waals surface area (Å²) in [7, 11) is 1.95. The fourth-order valence-electron chi connectivity index (χ4n) is 2.16. The van der Waals surface area contributed by atoms with Gasteiger partial charge >= 0.3 is 0 Å². The first kappa shape index (κ1) is 9.36. The number of aliphatic hydroxyl groups is 1. The van der Waals surface area contributed by atoms with Crippen LogP contribution in [0.3, 0.4) is 0 Å². The van der Waals surface area contributed by atoms with Crippen LogP contribution in [0.15, 0.2) is 42.7 Å². The maximum absolute atomic E-state index is 9.93. The number of rotatable bonds is 1. The second kappa shape index (κ2) is 3.32. The molecule has 0 spiro atoms. The molecular formula is C13H12N2O. The van der Waals surface area contributed by atoms with Crippen LogP contribution in [0.25, 0.3) is 5.57 Å². The summed E-state index contributed by atoms with van der Waals surface area (Å²) in [5.74, 6) is 0.893. The van der Waals surface area contributed by atoms with Crippen molar-refractivity contribution in [3.05, 3.63) is 59.7 Å². The zero-order valence-electron chi connectivity index (χ0n) is 8.96. The lowest BCUT2D eigenvalue weighted by atomic mass is 10.1. The molecule has 1 aromatic heterocycles. The van der Waals surface area contributed by atoms with Crippen molar-refractivity contribution in [2.24, 2.45) is 7.05 Å². The molecular weight excluding hydrogens is 200 g/mol. The molecule has 0 saturated carbocycles. The second-order valence-corrected chi connectivity index (χ2v) is 3.97. The molecule has 1 aromatic carbocycles. The van der Waals surface area contributed by atoms with Gasteiger partial charge in [-0.15, -0.1) is 0 Å². The average Bonchev–Trinajstić information content (AvgIpc) is 2.84. The van der Waals surface area contributed by atoms with Crippen molar-refractivity contribution in [2.75, 3.05) is 0 Å². The Morgan fingerprint density at radius 3 is 2.88 bits per heavy atom. The summed E-state index contributed by atoms with van der Waals surface area (Å²) in [6.07, 6.45) is 5.02. The van der Waals surface area contributed by atoms with Crippen LogP contribution < -0.4 is 0 Å². The minimum Gasteiger partial charge on any atom is -0.384 e. The maximum Gasteiger partial charge on any atom is 0.140 e. The summed E-state index contributed by atoms with van der Waals surface area (Å²) in [5, 5.41) is 9.93. The molecule has 0 saturated heterocycles. The number of aliphatic hydroxyl groups excluding tert-OH is 1. The van der Waals surface area contributed by atoms with Crippen molar-refractivity contribution in [3.63, 3.8) is 0 Å². The van der Waals surface area contributed by atoms with E-state index in [1.807, 2.05) is 48.2 Å². The van der Waals surface area contributed by atoms with Gasteiger partial charge in [0.25, 0.3) is 0 Å². The van der Waals surface area contributed by atoms with E-state index in [1.165, 1.54) is 0 Å². The van der Waals surface area contributed by atoms with Gasteiger partial charge in [0.05, 0.1) is 6.10 Å². The molecule has 1 heterocycles. The molecule has 2 aromatic rings. The van der Waals surface area contributed by atoms with Crippen LogP contribution in [0.1, 0.15) is 23.1 Å². The number of aryl methyl sites for hydroxylation is 1. The van der Waals surface area contributed by atoms with E-state index in [0.717, 1.165) is 22.5 Å². The molecule has 1 unspecified atom stereocenters. The predicted molar refractivity (Wildman–Crippen MR) is 61.7 cm³/mol. The van der Waals surface area contributed by atoms with Gasteiger partial charge in [-0.25, -0.2) is 4.98 Å². The van der Waals surface area contributed by atoms with E-state index in [2.05, 4.69) is 4.98 Å². The van der Waals surface area contributed by atoms with Gasteiger partial charge in [-0.3, -0.25) is 0 Å². The van der Waals surface area contributed by atoms with E-state index in [0.29, 0.717) is 0 Å². The monoisotopic (exact) mass is 212 g/mol. The number of imidazole rings is 1. The molecule has 1 aliphatic rings. The fraction of sp³-hybridized carbons (Fsp3) is 0.154. The zero-order valence-corrected chi connectivity index (χ0v) is 8.96. The van der Waals surface area contributed by atoms with E-state index in [-0.39, 0.29) is 0 Å². The molecule has 0 fully saturated rings. The molecule has 0 aliphatic heterocycles. The number of hydrogen-bond donors (Lipinski definition) is 1. The van der Waals surface area contributed by atoms with Crippen molar-refractivity contribution < 1.29 is 5.11 Å².